The average molecular weight is 627 g/mol. The predicted octanol–water partition coefficient (Wildman–Crippen LogP) is -1.32. The van der Waals surface area contributed by atoms with E-state index < -0.39 is 39.1 Å². The molecular weight excluding hydrogens is 573 g/mol. The molecule has 0 aromatic carbocycles. The number of esters is 2. The predicted molar refractivity (Wildman–Crippen MR) is 168 cm³/mol. The number of rotatable bonds is 15. The van der Waals surface area contributed by atoms with E-state index in [1.807, 2.05) is 0 Å². The van der Waals surface area contributed by atoms with Gasteiger partial charge in [0.1, 0.15) is 6.61 Å². The summed E-state index contributed by atoms with van der Waals surface area (Å²) >= 11 is 0. The van der Waals surface area contributed by atoms with Crippen LogP contribution in [0.25, 0.3) is 0 Å². The van der Waals surface area contributed by atoms with Crippen LogP contribution in [0.1, 0.15) is 87.3 Å². The number of unbranched alkanes of at least 4 members (excludes halogenated alkanes) is 7. The van der Waals surface area contributed by atoms with Crippen molar-refractivity contribution in [3.8, 4) is 71.0 Å². The van der Waals surface area contributed by atoms with Crippen LogP contribution in [0.3, 0.4) is 0 Å². The Morgan fingerprint density at radius 2 is 1.25 bits per heavy atom. The Hall–Kier alpha value is -1.24. The van der Waals surface area contributed by atoms with E-state index >= 15 is 0 Å². The molecule has 0 heterocycles. The largest absolute Gasteiger partial charge is 1.00 e. The third kappa shape index (κ3) is 34.8. The molecule has 0 amide bonds. The molecular formula is C28H53Na2O8PS. The van der Waals surface area contributed by atoms with Gasteiger partial charge in [0.25, 0.3) is 0 Å². The number of hydrogen-bond donors (Lipinski definition) is 0. The van der Waals surface area contributed by atoms with E-state index in [9.17, 15) is 23.9 Å². The molecule has 0 aromatic heterocycles. The van der Waals surface area contributed by atoms with Gasteiger partial charge in [-0.25, -0.2) is 4.79 Å². The molecule has 1 atom stereocenters. The summed E-state index contributed by atoms with van der Waals surface area (Å²) in [5.41, 5.74) is 0. The van der Waals surface area contributed by atoms with E-state index in [4.69, 9.17) is 9.47 Å². The minimum Gasteiger partial charge on any atom is -0.790 e. The summed E-state index contributed by atoms with van der Waals surface area (Å²) in [4.78, 5) is 45.3. The summed E-state index contributed by atoms with van der Waals surface area (Å²) in [6.45, 7) is 2.47. The van der Waals surface area contributed by atoms with Crippen molar-refractivity contribution in [3.63, 3.8) is 0 Å². The maximum atomic E-state index is 12.1. The fourth-order valence-corrected chi connectivity index (χ4v) is 2.89. The number of phosphoric acid groups is 1. The summed E-state index contributed by atoms with van der Waals surface area (Å²) in [6, 6.07) is 0. The third-order valence-corrected chi connectivity index (χ3v) is 4.67. The van der Waals surface area contributed by atoms with Gasteiger partial charge in [-0.15, -0.1) is 0 Å². The SMILES string of the molecule is CC#CC#CC#CC#CC#CC#CC(=O)OC[C@@H](COP(=O)([O-])[O-])OC(=O)CCCCCCCCCC.S.[HH].[HH].[HH].[HH].[HH].[HH].[HH].[HH].[HH].[HH].[HH].[Na+].[Na+]. The zero-order chi connectivity index (χ0) is 27.6. The van der Waals surface area contributed by atoms with Gasteiger partial charge >= 0.3 is 71.1 Å². The van der Waals surface area contributed by atoms with Crippen molar-refractivity contribution in [2.75, 3.05) is 13.2 Å². The molecule has 0 radical (unpaired) electrons. The molecule has 0 rings (SSSR count). The summed E-state index contributed by atoms with van der Waals surface area (Å²) in [5.74, 6) is 27.0. The standard InChI is InChI=1S/C28H31O8P.2Na.H2S.11H2/c1-3-5-7-9-11-13-14-15-17-18-20-22-27(29)34-24-26(25-35-37(31,32)33)36-28(30)23-21-19-16-12-10-8-6-4-2;;;;;;;;;;;;;;/h26H,4,6,8,10,12,16,19,21,23-25H2,1-2H3,(H2,31,32,33);;;1H2;11*1H/q;2*+1;;;;;;;;;;;;/p-2/t26-;;;;;;;;;;;;;;/m0............../s1. The molecule has 0 fully saturated rings. The number of hydrogen-bond acceptors (Lipinski definition) is 8. The van der Waals surface area contributed by atoms with E-state index in [1.165, 1.54) is 19.3 Å². The number of carbonyl (C=O) groups is 2. The minimum absolute atomic E-state index is 0. The molecule has 0 saturated carbocycles. The molecule has 0 unspecified atom stereocenters. The Morgan fingerprint density at radius 1 is 0.775 bits per heavy atom. The maximum Gasteiger partial charge on any atom is 1.00 e. The Morgan fingerprint density at radius 3 is 1.75 bits per heavy atom. The summed E-state index contributed by atoms with van der Waals surface area (Å²) in [7, 11) is -5.31. The van der Waals surface area contributed by atoms with Crippen LogP contribution in [0.5, 0.6) is 0 Å². The van der Waals surface area contributed by atoms with Crippen molar-refractivity contribution in [1.82, 2.24) is 0 Å². The number of ether oxygens (including phenoxy) is 2. The molecule has 0 aliphatic heterocycles. The molecule has 12 heteroatoms. The second-order valence-electron chi connectivity index (χ2n) is 7.30. The maximum absolute atomic E-state index is 12.1. The molecule has 0 aliphatic carbocycles. The number of phosphoric ester groups is 1. The Balaban J connectivity index is -0.0000000712. The van der Waals surface area contributed by atoms with Gasteiger partial charge in [-0.1, -0.05) is 57.8 Å². The summed E-state index contributed by atoms with van der Waals surface area (Å²) in [6.07, 6.45) is 7.13. The van der Waals surface area contributed by atoms with Gasteiger partial charge in [-0.3, -0.25) is 4.79 Å². The Kier molecular flexibility index (Phi) is 36.9. The zero-order valence-corrected chi connectivity index (χ0v) is 29.5. The first-order valence-corrected chi connectivity index (χ1v) is 13.2. The van der Waals surface area contributed by atoms with Crippen molar-refractivity contribution in [3.05, 3.63) is 0 Å². The van der Waals surface area contributed by atoms with Crippen molar-refractivity contribution >= 4 is 33.3 Å². The summed E-state index contributed by atoms with van der Waals surface area (Å²) < 4.78 is 24.9. The quantitative estimate of drug-likeness (QED) is 0.0548. The molecule has 0 aromatic rings. The van der Waals surface area contributed by atoms with Crippen molar-refractivity contribution in [2.45, 2.75) is 77.7 Å². The van der Waals surface area contributed by atoms with Gasteiger partial charge in [0.15, 0.2) is 6.10 Å². The average Bonchev–Trinajstić information content (AvgIpc) is 2.85. The van der Waals surface area contributed by atoms with Gasteiger partial charge in [-0.2, -0.15) is 13.5 Å². The van der Waals surface area contributed by atoms with Crippen LogP contribution in [-0.4, -0.2) is 31.3 Å². The third-order valence-electron chi connectivity index (χ3n) is 4.20. The first-order valence-electron chi connectivity index (χ1n) is 11.7. The minimum atomic E-state index is -5.31. The van der Waals surface area contributed by atoms with Gasteiger partial charge in [0, 0.05) is 28.0 Å². The fraction of sp³-hybridized carbons (Fsp3) is 0.500. The van der Waals surface area contributed by atoms with Crippen molar-refractivity contribution in [2.24, 2.45) is 0 Å². The van der Waals surface area contributed by atoms with Crippen LogP contribution in [0.15, 0.2) is 0 Å². The van der Waals surface area contributed by atoms with Crippen molar-refractivity contribution in [1.29, 1.82) is 0 Å². The molecule has 226 valence electrons. The van der Waals surface area contributed by atoms with Crippen LogP contribution in [0, 0.1) is 71.0 Å². The molecule has 8 nitrogen and oxygen atoms in total. The second-order valence-corrected chi connectivity index (χ2v) is 8.46. The van der Waals surface area contributed by atoms with Crippen LogP contribution in [0.2, 0.25) is 0 Å². The van der Waals surface area contributed by atoms with Gasteiger partial charge in [-0.05, 0) is 72.5 Å². The van der Waals surface area contributed by atoms with Gasteiger partial charge in [0.05, 0.1) is 14.4 Å². The fourth-order valence-electron chi connectivity index (χ4n) is 2.54. The van der Waals surface area contributed by atoms with Crippen LogP contribution in [-0.2, 0) is 28.2 Å². The van der Waals surface area contributed by atoms with E-state index in [2.05, 4.69) is 82.5 Å². The Labute approximate surface area is 306 Å². The molecule has 40 heavy (non-hydrogen) atoms. The Bertz CT molecular complexity index is 1200. The molecule has 0 spiro atoms. The van der Waals surface area contributed by atoms with Gasteiger partial charge in [0.2, 0.25) is 0 Å². The smallest absolute Gasteiger partial charge is 0.790 e. The van der Waals surface area contributed by atoms with Gasteiger partial charge < -0.3 is 28.3 Å². The number of carbonyl (C=O) groups excluding carboxylic acids is 2. The zero-order valence-electron chi connectivity index (χ0n) is 23.6. The monoisotopic (exact) mass is 626 g/mol. The van der Waals surface area contributed by atoms with E-state index in [0.717, 1.165) is 25.7 Å². The van der Waals surface area contributed by atoms with Crippen LogP contribution < -0.4 is 68.9 Å². The van der Waals surface area contributed by atoms with Crippen molar-refractivity contribution < 1.29 is 113 Å². The molecule has 0 bridgehead atoms. The van der Waals surface area contributed by atoms with Crippen LogP contribution in [0.4, 0.5) is 0 Å². The van der Waals surface area contributed by atoms with E-state index in [1.54, 1.807) is 6.92 Å². The molecule has 0 N–H and O–H groups in total. The normalized spacial score (nSPS) is 9.10. The second kappa shape index (κ2) is 32.3. The molecule has 0 saturated heterocycles. The molecule has 0 aliphatic rings. The summed E-state index contributed by atoms with van der Waals surface area (Å²) in [5, 5.41) is 0. The van der Waals surface area contributed by atoms with E-state index in [0.29, 0.717) is 6.42 Å². The van der Waals surface area contributed by atoms with Crippen LogP contribution >= 0.6 is 21.3 Å². The van der Waals surface area contributed by atoms with E-state index in [-0.39, 0.29) is 94.7 Å². The topological polar surface area (TPSA) is 125 Å². The first kappa shape index (κ1) is 45.7. The first-order chi connectivity index (χ1) is 17.8.